The Morgan fingerprint density at radius 1 is 1.14 bits per heavy atom. The van der Waals surface area contributed by atoms with Crippen LogP contribution in [-0.4, -0.2) is 24.8 Å². The van der Waals surface area contributed by atoms with Gasteiger partial charge >= 0.3 is 0 Å². The molecule has 22 heavy (non-hydrogen) atoms. The van der Waals surface area contributed by atoms with Crippen molar-refractivity contribution in [3.8, 4) is 0 Å². The molecule has 0 atom stereocenters. The largest absolute Gasteiger partial charge is 0.291 e. The summed E-state index contributed by atoms with van der Waals surface area (Å²) >= 11 is 0. The van der Waals surface area contributed by atoms with Gasteiger partial charge in [0.05, 0.1) is 0 Å². The van der Waals surface area contributed by atoms with E-state index >= 15 is 0 Å². The molecule has 0 radical (unpaired) electrons. The van der Waals surface area contributed by atoms with Crippen molar-refractivity contribution in [2.75, 3.05) is 10.8 Å². The molecule has 0 bridgehead atoms. The molecule has 0 aliphatic heterocycles. The Hall–Kier alpha value is -2.25. The summed E-state index contributed by atoms with van der Waals surface area (Å²) in [6.07, 6.45) is 0. The standard InChI is InChI=1S/C15H14FNO4S/c1-11-4-2-3-5-14(11)17(10-22(19,20)21)15(18)12-6-8-13(16)9-7-12/h2-9H,10H2,1H3,(H,19,20,21). The lowest BCUT2D eigenvalue weighted by atomic mass is 10.1. The molecule has 2 aromatic carbocycles. The fourth-order valence-electron chi connectivity index (χ4n) is 2.02. The molecule has 5 nitrogen and oxygen atoms in total. The van der Waals surface area contributed by atoms with Gasteiger partial charge in [-0.15, -0.1) is 0 Å². The average molecular weight is 323 g/mol. The van der Waals surface area contributed by atoms with Gasteiger partial charge in [-0.2, -0.15) is 8.42 Å². The second kappa shape index (κ2) is 6.25. The highest BCUT2D eigenvalue weighted by molar-refractivity contribution is 7.85. The van der Waals surface area contributed by atoms with E-state index in [2.05, 4.69) is 0 Å². The van der Waals surface area contributed by atoms with Crippen molar-refractivity contribution in [3.63, 3.8) is 0 Å². The predicted octanol–water partition coefficient (Wildman–Crippen LogP) is 2.63. The first kappa shape index (κ1) is 16.1. The minimum Gasteiger partial charge on any atom is -0.291 e. The minimum absolute atomic E-state index is 0.119. The van der Waals surface area contributed by atoms with Crippen LogP contribution in [0.25, 0.3) is 0 Å². The van der Waals surface area contributed by atoms with E-state index in [0.717, 1.165) is 17.0 Å². The van der Waals surface area contributed by atoms with Crippen molar-refractivity contribution in [1.29, 1.82) is 0 Å². The molecule has 2 rings (SSSR count). The van der Waals surface area contributed by atoms with E-state index in [4.69, 9.17) is 4.55 Å². The van der Waals surface area contributed by atoms with Gasteiger partial charge in [0.15, 0.2) is 5.88 Å². The van der Waals surface area contributed by atoms with Gasteiger partial charge in [0, 0.05) is 11.3 Å². The molecule has 1 amide bonds. The Morgan fingerprint density at radius 3 is 2.27 bits per heavy atom. The third kappa shape index (κ3) is 3.90. The molecule has 7 heteroatoms. The number of aryl methyl sites for hydroxylation is 1. The number of amides is 1. The van der Waals surface area contributed by atoms with Gasteiger partial charge in [-0.3, -0.25) is 14.2 Å². The number of hydrogen-bond acceptors (Lipinski definition) is 3. The third-order valence-corrected chi connectivity index (χ3v) is 3.62. The molecule has 0 fully saturated rings. The van der Waals surface area contributed by atoms with Crippen molar-refractivity contribution in [2.45, 2.75) is 6.92 Å². The van der Waals surface area contributed by atoms with E-state index < -0.39 is 27.7 Å². The molecule has 0 aliphatic rings. The van der Waals surface area contributed by atoms with E-state index in [0.29, 0.717) is 11.3 Å². The van der Waals surface area contributed by atoms with Crippen LogP contribution in [0.2, 0.25) is 0 Å². The van der Waals surface area contributed by atoms with Gasteiger partial charge in [-0.05, 0) is 42.8 Å². The molecule has 0 heterocycles. The Labute approximate surface area is 127 Å². The Bertz CT molecular complexity index is 787. The smallest absolute Gasteiger partial charge is 0.283 e. The first-order chi connectivity index (χ1) is 10.3. The SMILES string of the molecule is Cc1ccccc1N(CS(=O)(=O)O)C(=O)c1ccc(F)cc1. The number of rotatable bonds is 4. The number of carbonyl (C=O) groups excluding carboxylic acids is 1. The maximum absolute atomic E-state index is 12.9. The van der Waals surface area contributed by atoms with E-state index in [1.165, 1.54) is 12.1 Å². The van der Waals surface area contributed by atoms with Gasteiger partial charge in [-0.25, -0.2) is 4.39 Å². The number of para-hydroxylation sites is 1. The number of nitrogens with zero attached hydrogens (tertiary/aromatic N) is 1. The van der Waals surface area contributed by atoms with Gasteiger partial charge in [-0.1, -0.05) is 18.2 Å². The molecular formula is C15H14FNO4S. The molecular weight excluding hydrogens is 309 g/mol. The molecule has 0 saturated heterocycles. The summed E-state index contributed by atoms with van der Waals surface area (Å²) in [5, 5.41) is 0. The summed E-state index contributed by atoms with van der Waals surface area (Å²) in [7, 11) is -4.42. The van der Waals surface area contributed by atoms with Gasteiger partial charge in [0.2, 0.25) is 0 Å². The van der Waals surface area contributed by atoms with E-state index in [1.54, 1.807) is 31.2 Å². The lowest BCUT2D eigenvalue weighted by Gasteiger charge is -2.23. The summed E-state index contributed by atoms with van der Waals surface area (Å²) in [4.78, 5) is 13.5. The van der Waals surface area contributed by atoms with Crippen LogP contribution in [0.4, 0.5) is 10.1 Å². The Kier molecular flexibility index (Phi) is 4.58. The summed E-state index contributed by atoms with van der Waals surface area (Å²) in [6.45, 7) is 1.71. The van der Waals surface area contributed by atoms with E-state index in [1.807, 2.05) is 0 Å². The maximum atomic E-state index is 12.9. The first-order valence-corrected chi connectivity index (χ1v) is 7.97. The van der Waals surface area contributed by atoms with Crippen LogP contribution in [0.15, 0.2) is 48.5 Å². The predicted molar refractivity (Wildman–Crippen MR) is 80.8 cm³/mol. The van der Waals surface area contributed by atoms with Crippen LogP contribution in [0.5, 0.6) is 0 Å². The Morgan fingerprint density at radius 2 is 1.73 bits per heavy atom. The zero-order valence-electron chi connectivity index (χ0n) is 11.7. The molecule has 0 unspecified atom stereocenters. The van der Waals surface area contributed by atoms with Gasteiger partial charge in [0.1, 0.15) is 5.82 Å². The lowest BCUT2D eigenvalue weighted by Crippen LogP contribution is -2.36. The first-order valence-electron chi connectivity index (χ1n) is 6.36. The molecule has 0 spiro atoms. The van der Waals surface area contributed by atoms with Crippen LogP contribution >= 0.6 is 0 Å². The third-order valence-electron chi connectivity index (χ3n) is 3.03. The van der Waals surface area contributed by atoms with Crippen LogP contribution < -0.4 is 4.90 Å². The number of hydrogen-bond donors (Lipinski definition) is 1. The average Bonchev–Trinajstić information content (AvgIpc) is 2.45. The van der Waals surface area contributed by atoms with E-state index in [-0.39, 0.29) is 5.56 Å². The molecule has 0 aromatic heterocycles. The molecule has 0 aliphatic carbocycles. The Balaban J connectivity index is 2.47. The molecule has 116 valence electrons. The monoisotopic (exact) mass is 323 g/mol. The van der Waals surface area contributed by atoms with Gasteiger partial charge in [0.25, 0.3) is 16.0 Å². The lowest BCUT2D eigenvalue weighted by molar-refractivity contribution is 0.0990. The summed E-state index contributed by atoms with van der Waals surface area (Å²) in [6, 6.07) is 11.4. The van der Waals surface area contributed by atoms with Crippen LogP contribution in [-0.2, 0) is 10.1 Å². The molecule has 0 saturated carbocycles. The zero-order valence-corrected chi connectivity index (χ0v) is 12.5. The van der Waals surface area contributed by atoms with Crippen molar-refractivity contribution in [2.24, 2.45) is 0 Å². The van der Waals surface area contributed by atoms with Crippen molar-refractivity contribution in [1.82, 2.24) is 0 Å². The number of carbonyl (C=O) groups is 1. The fraction of sp³-hybridized carbons (Fsp3) is 0.133. The van der Waals surface area contributed by atoms with E-state index in [9.17, 15) is 17.6 Å². The zero-order chi connectivity index (χ0) is 16.3. The topological polar surface area (TPSA) is 74.7 Å². The second-order valence-electron chi connectivity index (χ2n) is 4.74. The number of anilines is 1. The van der Waals surface area contributed by atoms with Crippen LogP contribution in [0.3, 0.4) is 0 Å². The molecule has 1 N–H and O–H groups in total. The highest BCUT2D eigenvalue weighted by atomic mass is 32.2. The quantitative estimate of drug-likeness (QED) is 0.878. The summed E-state index contributed by atoms with van der Waals surface area (Å²) < 4.78 is 44.5. The minimum atomic E-state index is -4.42. The van der Waals surface area contributed by atoms with Crippen LogP contribution in [0, 0.1) is 12.7 Å². The molecule has 2 aromatic rings. The van der Waals surface area contributed by atoms with Crippen molar-refractivity contribution < 1.29 is 22.2 Å². The second-order valence-corrected chi connectivity index (χ2v) is 6.16. The fourth-order valence-corrected chi connectivity index (χ4v) is 2.60. The normalized spacial score (nSPS) is 11.2. The van der Waals surface area contributed by atoms with Crippen LogP contribution in [0.1, 0.15) is 15.9 Å². The highest BCUT2D eigenvalue weighted by Gasteiger charge is 2.24. The highest BCUT2D eigenvalue weighted by Crippen LogP contribution is 2.22. The van der Waals surface area contributed by atoms with Gasteiger partial charge < -0.3 is 0 Å². The maximum Gasteiger partial charge on any atom is 0.283 e. The summed E-state index contributed by atoms with van der Waals surface area (Å²) in [5.74, 6) is -2.03. The van der Waals surface area contributed by atoms with Crippen molar-refractivity contribution in [3.05, 3.63) is 65.5 Å². The van der Waals surface area contributed by atoms with Crippen molar-refractivity contribution >= 4 is 21.7 Å². The number of halogens is 1. The number of benzene rings is 2. The summed E-state index contributed by atoms with van der Waals surface area (Å²) in [5.41, 5.74) is 1.14.